The Morgan fingerprint density at radius 3 is 2.53 bits per heavy atom. The first-order chi connectivity index (χ1) is 20.8. The molecule has 0 aromatic rings. The molecule has 9 atom stereocenters. The molecule has 10 nitrogen and oxygen atoms in total. The molecule has 45 heavy (non-hydrogen) atoms. The fourth-order valence-corrected chi connectivity index (χ4v) is 9.62. The highest BCUT2D eigenvalue weighted by Gasteiger charge is 2.80. The number of ketones is 2. The molecule has 3 saturated carbocycles. The van der Waals surface area contributed by atoms with Gasteiger partial charge in [-0.25, -0.2) is 9.18 Å². The number of nitrogens with zero attached hydrogens (tertiary/aromatic N) is 1. The molecule has 11 heteroatoms. The Kier molecular flexibility index (Phi) is 7.31. The average Bonchev–Trinajstić information content (AvgIpc) is 3.59. The predicted octanol–water partition coefficient (Wildman–Crippen LogP) is 4.23. The van der Waals surface area contributed by atoms with Crippen molar-refractivity contribution >= 4 is 23.6 Å². The molecule has 4 aliphatic carbocycles. The van der Waals surface area contributed by atoms with Gasteiger partial charge < -0.3 is 29.0 Å². The van der Waals surface area contributed by atoms with Crippen LogP contribution in [0.5, 0.6) is 0 Å². The maximum absolute atomic E-state index is 17.6. The van der Waals surface area contributed by atoms with Crippen LogP contribution in [0, 0.1) is 28.6 Å². The lowest BCUT2D eigenvalue weighted by Gasteiger charge is -2.62. The maximum atomic E-state index is 17.6. The van der Waals surface area contributed by atoms with Crippen molar-refractivity contribution in [1.82, 2.24) is 4.90 Å². The molecule has 1 amide bonds. The highest BCUT2D eigenvalue weighted by molar-refractivity contribution is 6.01. The number of halogens is 1. The minimum absolute atomic E-state index is 0.0710. The van der Waals surface area contributed by atoms with Crippen molar-refractivity contribution in [2.24, 2.45) is 28.6 Å². The smallest absolute Gasteiger partial charge is 0.410 e. The first-order valence-corrected chi connectivity index (χ1v) is 16.1. The number of esters is 1. The van der Waals surface area contributed by atoms with E-state index >= 15 is 4.39 Å². The average molecular weight is 632 g/mol. The standard InChI is InChI=1S/C34H46FNO9/c1-29(2,3)44-28(41)36-13-11-19(17-36)27(40)42-18-25(39)34-26(43-30(4,5)45-34)15-23-22-9-8-20-14-21(37)10-12-31(20,6)33(22,35)24(38)16-32(23,34)7/h10,12,14,19,22-24,26,38H,8-9,11,13,15-18H2,1-7H3/t19?,22-,23-,24-,26+,31-,32-,33-,34+/m0/s1. The Hall–Kier alpha value is -2.63. The van der Waals surface area contributed by atoms with Crippen LogP contribution in [-0.4, -0.2) is 88.2 Å². The summed E-state index contributed by atoms with van der Waals surface area (Å²) in [5, 5.41) is 11.7. The normalized spacial score (nSPS) is 43.1. The zero-order valence-corrected chi connectivity index (χ0v) is 27.3. The number of aliphatic hydroxyl groups excluding tert-OH is 1. The number of fused-ring (bicyclic) bond motifs is 7. The molecular weight excluding hydrogens is 585 g/mol. The van der Waals surface area contributed by atoms with Crippen molar-refractivity contribution in [3.63, 3.8) is 0 Å². The summed E-state index contributed by atoms with van der Waals surface area (Å²) in [6.07, 6.45) is 3.34. The lowest BCUT2D eigenvalue weighted by Crippen LogP contribution is -2.70. The zero-order valence-electron chi connectivity index (χ0n) is 27.3. The second-order valence-electron chi connectivity index (χ2n) is 15.8. The summed E-state index contributed by atoms with van der Waals surface area (Å²) in [6.45, 7) is 12.3. The van der Waals surface area contributed by atoms with E-state index < -0.39 is 82.0 Å². The van der Waals surface area contributed by atoms with Crippen LogP contribution in [0.3, 0.4) is 0 Å². The van der Waals surface area contributed by atoms with Crippen LogP contribution in [0.2, 0.25) is 0 Å². The summed E-state index contributed by atoms with van der Waals surface area (Å²) >= 11 is 0. The van der Waals surface area contributed by atoms with E-state index in [-0.39, 0.29) is 24.7 Å². The first-order valence-electron chi connectivity index (χ1n) is 16.1. The van der Waals surface area contributed by atoms with Gasteiger partial charge in [-0.3, -0.25) is 14.4 Å². The lowest BCUT2D eigenvalue weighted by atomic mass is 9.44. The van der Waals surface area contributed by atoms with Crippen LogP contribution in [0.25, 0.3) is 0 Å². The molecule has 2 heterocycles. The number of hydrogen-bond acceptors (Lipinski definition) is 9. The van der Waals surface area contributed by atoms with Gasteiger partial charge in [0, 0.05) is 29.8 Å². The zero-order chi connectivity index (χ0) is 33.0. The van der Waals surface area contributed by atoms with Crippen molar-refractivity contribution in [2.45, 2.75) is 115 Å². The Morgan fingerprint density at radius 1 is 1.13 bits per heavy atom. The fraction of sp³-hybridized carbons (Fsp3) is 0.765. The van der Waals surface area contributed by atoms with E-state index in [2.05, 4.69) is 0 Å². The van der Waals surface area contributed by atoms with Crippen molar-refractivity contribution in [3.8, 4) is 0 Å². The first kappa shape index (κ1) is 32.3. The number of carbonyl (C=O) groups excluding carboxylic acids is 4. The summed E-state index contributed by atoms with van der Waals surface area (Å²) in [6, 6.07) is 0. The number of allylic oxidation sites excluding steroid dienone is 4. The molecule has 1 N–H and O–H groups in total. The van der Waals surface area contributed by atoms with Crippen molar-refractivity contribution in [2.75, 3.05) is 19.7 Å². The van der Waals surface area contributed by atoms with Gasteiger partial charge in [-0.1, -0.05) is 18.6 Å². The van der Waals surface area contributed by atoms with E-state index in [1.165, 1.54) is 17.1 Å². The Balaban J connectivity index is 1.23. The van der Waals surface area contributed by atoms with Gasteiger partial charge in [0.2, 0.25) is 5.78 Å². The minimum Gasteiger partial charge on any atom is -0.457 e. The molecule has 5 fully saturated rings. The van der Waals surface area contributed by atoms with E-state index in [0.717, 1.165) is 0 Å². The summed E-state index contributed by atoms with van der Waals surface area (Å²) in [7, 11) is 0. The van der Waals surface area contributed by atoms with E-state index in [4.69, 9.17) is 18.9 Å². The van der Waals surface area contributed by atoms with Crippen LogP contribution < -0.4 is 0 Å². The van der Waals surface area contributed by atoms with Gasteiger partial charge in [0.05, 0.1) is 18.1 Å². The molecule has 2 aliphatic heterocycles. The molecule has 6 rings (SSSR count). The van der Waals surface area contributed by atoms with Crippen LogP contribution >= 0.6 is 0 Å². The number of rotatable bonds is 4. The predicted molar refractivity (Wildman–Crippen MR) is 158 cm³/mol. The van der Waals surface area contributed by atoms with Gasteiger partial charge in [-0.05, 0) is 91.7 Å². The summed E-state index contributed by atoms with van der Waals surface area (Å²) in [5.41, 5.74) is -5.81. The van der Waals surface area contributed by atoms with Gasteiger partial charge in [0.15, 0.2) is 29.4 Å². The maximum Gasteiger partial charge on any atom is 0.410 e. The number of hydrogen-bond donors (Lipinski definition) is 1. The highest BCUT2D eigenvalue weighted by atomic mass is 19.1. The lowest BCUT2D eigenvalue weighted by molar-refractivity contribution is -0.246. The van der Waals surface area contributed by atoms with E-state index in [1.54, 1.807) is 47.6 Å². The molecule has 0 spiro atoms. The number of amides is 1. The number of ether oxygens (including phenoxy) is 4. The van der Waals surface area contributed by atoms with Crippen molar-refractivity contribution in [3.05, 3.63) is 23.8 Å². The van der Waals surface area contributed by atoms with Crippen molar-refractivity contribution in [1.29, 1.82) is 0 Å². The number of alkyl halides is 1. The Labute approximate surface area is 263 Å². The van der Waals surface area contributed by atoms with E-state index in [0.29, 0.717) is 37.8 Å². The topological polar surface area (TPSA) is 129 Å². The quantitative estimate of drug-likeness (QED) is 0.454. The molecule has 0 aromatic carbocycles. The van der Waals surface area contributed by atoms with Crippen LogP contribution in [0.1, 0.15) is 80.6 Å². The van der Waals surface area contributed by atoms with Crippen molar-refractivity contribution < 1.29 is 47.6 Å². The molecule has 0 radical (unpaired) electrons. The number of Topliss-reactive ketones (excluding diaryl/α,β-unsaturated/α-hetero) is 1. The van der Waals surface area contributed by atoms with E-state index in [9.17, 15) is 24.3 Å². The number of aliphatic hydroxyl groups is 1. The number of likely N-dealkylation sites (tertiary alicyclic amines) is 1. The highest BCUT2D eigenvalue weighted by Crippen LogP contribution is 2.72. The van der Waals surface area contributed by atoms with Crippen LogP contribution in [0.4, 0.5) is 9.18 Å². The summed E-state index contributed by atoms with van der Waals surface area (Å²) < 4.78 is 41.4. The second kappa shape index (κ2) is 10.2. The Bertz CT molecular complexity index is 1380. The second-order valence-corrected chi connectivity index (χ2v) is 15.8. The largest absolute Gasteiger partial charge is 0.457 e. The van der Waals surface area contributed by atoms with Gasteiger partial charge >= 0.3 is 12.1 Å². The van der Waals surface area contributed by atoms with Gasteiger partial charge in [0.25, 0.3) is 0 Å². The molecular formula is C34H46FNO9. The van der Waals surface area contributed by atoms with Gasteiger partial charge in [-0.15, -0.1) is 0 Å². The third kappa shape index (κ3) is 4.65. The third-order valence-electron chi connectivity index (χ3n) is 11.6. The molecule has 1 unspecified atom stereocenters. The Morgan fingerprint density at radius 2 is 1.84 bits per heavy atom. The molecule has 248 valence electrons. The third-order valence-corrected chi connectivity index (χ3v) is 11.6. The number of carbonyl (C=O) groups is 4. The SMILES string of the molecule is CC(C)(C)OC(=O)N1CCC(C(=O)OCC(=O)[C@@]23OC(C)(C)O[C@@H]2C[C@H]2[C@@H]4CCC5=CC(=O)C=C[C@]5(C)[C@@]4(F)[C@@H](O)C[C@@]23C)C1. The van der Waals surface area contributed by atoms with Gasteiger partial charge in [-0.2, -0.15) is 0 Å². The fourth-order valence-electron chi connectivity index (χ4n) is 9.62. The van der Waals surface area contributed by atoms with E-state index in [1.807, 2.05) is 6.92 Å². The van der Waals surface area contributed by atoms with Crippen LogP contribution in [0.15, 0.2) is 23.8 Å². The minimum atomic E-state index is -2.06. The monoisotopic (exact) mass is 631 g/mol. The molecule has 6 aliphatic rings. The van der Waals surface area contributed by atoms with Crippen LogP contribution in [-0.2, 0) is 33.3 Å². The summed E-state index contributed by atoms with van der Waals surface area (Å²) in [4.78, 5) is 53.5. The molecule has 2 saturated heterocycles. The molecule has 0 bridgehead atoms. The summed E-state index contributed by atoms with van der Waals surface area (Å²) in [5.74, 6) is -4.01. The molecule has 0 aromatic heterocycles. The van der Waals surface area contributed by atoms with Gasteiger partial charge in [0.1, 0.15) is 5.60 Å².